The number of hydrogen-bond acceptors (Lipinski definition) is 4. The van der Waals surface area contributed by atoms with E-state index in [9.17, 15) is 4.79 Å². The highest BCUT2D eigenvalue weighted by Gasteiger charge is 2.00. The van der Waals surface area contributed by atoms with Crippen molar-refractivity contribution in [1.29, 1.82) is 0 Å². The molecule has 0 aliphatic carbocycles. The minimum absolute atomic E-state index is 0.155. The lowest BCUT2D eigenvalue weighted by Gasteiger charge is -2.04. The van der Waals surface area contributed by atoms with Gasteiger partial charge in [-0.3, -0.25) is 5.43 Å². The lowest BCUT2D eigenvalue weighted by atomic mass is 10.2. The fourth-order valence-corrected chi connectivity index (χ4v) is 1.39. The molecule has 0 heterocycles. The number of nitrogens with zero attached hydrogens (tertiary/aromatic N) is 1. The number of halogens is 1. The van der Waals surface area contributed by atoms with Gasteiger partial charge in [-0.2, -0.15) is 5.10 Å². The Morgan fingerprint density at radius 2 is 2.26 bits per heavy atom. The predicted octanol–water partition coefficient (Wildman–Crippen LogP) is 2.02. The first-order valence-corrected chi connectivity index (χ1v) is 6.08. The van der Waals surface area contributed by atoms with E-state index >= 15 is 0 Å². The highest BCUT2D eigenvalue weighted by molar-refractivity contribution is 6.31. The van der Waals surface area contributed by atoms with Crippen molar-refractivity contribution in [3.8, 4) is 0 Å². The van der Waals surface area contributed by atoms with Crippen molar-refractivity contribution in [1.82, 2.24) is 5.43 Å². The maximum absolute atomic E-state index is 11.2. The number of rotatable bonds is 5. The van der Waals surface area contributed by atoms with Gasteiger partial charge in [0.2, 0.25) is 0 Å². The third-order valence-electron chi connectivity index (χ3n) is 1.95. The number of benzene rings is 1. The van der Waals surface area contributed by atoms with Crippen LogP contribution in [0.25, 0.3) is 0 Å². The summed E-state index contributed by atoms with van der Waals surface area (Å²) in [5, 5.41) is 4.45. The topological polar surface area (TPSA) is 76.7 Å². The van der Waals surface area contributed by atoms with E-state index < -0.39 is 5.97 Å². The molecule has 19 heavy (non-hydrogen) atoms. The van der Waals surface area contributed by atoms with Crippen molar-refractivity contribution in [2.75, 3.05) is 0 Å². The van der Waals surface area contributed by atoms with Gasteiger partial charge in [-0.05, 0) is 26.0 Å². The molecule has 0 fully saturated rings. The van der Waals surface area contributed by atoms with Crippen LogP contribution in [-0.4, -0.2) is 17.9 Å². The van der Waals surface area contributed by atoms with Gasteiger partial charge in [0.25, 0.3) is 0 Å². The molecule has 0 bridgehead atoms. The zero-order chi connectivity index (χ0) is 14.3. The number of hydrogen-bond donors (Lipinski definition) is 2. The highest BCUT2D eigenvalue weighted by atomic mass is 35.5. The van der Waals surface area contributed by atoms with Crippen LogP contribution in [0.5, 0.6) is 0 Å². The molecule has 0 unspecified atom stereocenters. The van der Waals surface area contributed by atoms with E-state index in [4.69, 9.17) is 22.1 Å². The Bertz CT molecular complexity index is 498. The fourth-order valence-electron chi connectivity index (χ4n) is 1.20. The van der Waals surface area contributed by atoms with Gasteiger partial charge in [0.1, 0.15) is 0 Å². The zero-order valence-corrected chi connectivity index (χ0v) is 11.5. The highest BCUT2D eigenvalue weighted by Crippen LogP contribution is 2.09. The van der Waals surface area contributed by atoms with E-state index in [1.807, 2.05) is 0 Å². The SMILES string of the molecule is CC(C)OC(=O)/C=C\N/N=C(\N)c1cccc(Cl)c1. The van der Waals surface area contributed by atoms with Gasteiger partial charge in [0.05, 0.1) is 6.10 Å². The molecule has 1 aromatic carbocycles. The second kappa shape index (κ2) is 7.43. The van der Waals surface area contributed by atoms with Crippen LogP contribution < -0.4 is 11.2 Å². The van der Waals surface area contributed by atoms with Crippen LogP contribution in [0.1, 0.15) is 19.4 Å². The van der Waals surface area contributed by atoms with Gasteiger partial charge in [-0.25, -0.2) is 4.79 Å². The molecule has 6 heteroatoms. The number of ether oxygens (including phenoxy) is 1. The molecule has 0 aliphatic heterocycles. The molecular formula is C13H16ClN3O2. The number of nitrogens with two attached hydrogens (primary N) is 1. The van der Waals surface area contributed by atoms with Gasteiger partial charge in [-0.15, -0.1) is 0 Å². The normalized spacial score (nSPS) is 11.9. The fraction of sp³-hybridized carbons (Fsp3) is 0.231. The van der Waals surface area contributed by atoms with Crippen LogP contribution in [0.3, 0.4) is 0 Å². The van der Waals surface area contributed by atoms with Gasteiger partial charge in [0.15, 0.2) is 5.84 Å². The number of nitrogens with one attached hydrogen (secondary N) is 1. The molecule has 0 spiro atoms. The third-order valence-corrected chi connectivity index (χ3v) is 2.19. The van der Waals surface area contributed by atoms with Crippen LogP contribution in [0.4, 0.5) is 0 Å². The lowest BCUT2D eigenvalue weighted by Crippen LogP contribution is -2.17. The Morgan fingerprint density at radius 3 is 2.89 bits per heavy atom. The monoisotopic (exact) mass is 281 g/mol. The molecule has 0 radical (unpaired) electrons. The molecule has 5 nitrogen and oxygen atoms in total. The maximum Gasteiger partial charge on any atom is 0.332 e. The maximum atomic E-state index is 11.2. The minimum atomic E-state index is -0.445. The van der Waals surface area contributed by atoms with Crippen molar-refractivity contribution in [3.05, 3.63) is 47.1 Å². The molecule has 0 saturated carbocycles. The number of esters is 1. The standard InChI is InChI=1S/C13H16ClN3O2/c1-9(2)19-12(18)6-7-16-17-13(15)10-4-3-5-11(14)8-10/h3-9,16H,1-2H3,(H2,15,17)/b7-6-. The van der Waals surface area contributed by atoms with Crippen molar-refractivity contribution < 1.29 is 9.53 Å². The minimum Gasteiger partial charge on any atom is -0.460 e. The molecule has 3 N–H and O–H groups in total. The molecule has 1 rings (SSSR count). The van der Waals surface area contributed by atoms with Crippen LogP contribution >= 0.6 is 11.6 Å². The third kappa shape index (κ3) is 5.92. The Morgan fingerprint density at radius 1 is 1.53 bits per heavy atom. The van der Waals surface area contributed by atoms with Crippen molar-refractivity contribution in [2.45, 2.75) is 20.0 Å². The summed E-state index contributed by atoms with van der Waals surface area (Å²) in [6.07, 6.45) is 2.42. The molecule has 0 amide bonds. The van der Waals surface area contributed by atoms with Gasteiger partial charge in [-0.1, -0.05) is 23.7 Å². The van der Waals surface area contributed by atoms with Crippen molar-refractivity contribution in [3.63, 3.8) is 0 Å². The number of amidine groups is 1. The number of carbonyl (C=O) groups is 1. The number of hydrazone groups is 1. The van der Waals surface area contributed by atoms with Gasteiger partial charge < -0.3 is 10.5 Å². The predicted molar refractivity (Wildman–Crippen MR) is 75.7 cm³/mol. The molecule has 0 saturated heterocycles. The van der Waals surface area contributed by atoms with Crippen LogP contribution in [-0.2, 0) is 9.53 Å². The first kappa shape index (κ1) is 15.0. The summed E-state index contributed by atoms with van der Waals surface area (Å²) in [6.45, 7) is 3.54. The molecule has 0 aliphatic rings. The van der Waals surface area contributed by atoms with Crippen molar-refractivity contribution in [2.24, 2.45) is 10.8 Å². The van der Waals surface area contributed by atoms with Crippen LogP contribution in [0, 0.1) is 0 Å². The van der Waals surface area contributed by atoms with Crippen molar-refractivity contribution >= 4 is 23.4 Å². The first-order chi connectivity index (χ1) is 8.99. The molecule has 0 atom stereocenters. The van der Waals surface area contributed by atoms with Gasteiger partial charge >= 0.3 is 5.97 Å². The summed E-state index contributed by atoms with van der Waals surface area (Å²) < 4.78 is 4.89. The quantitative estimate of drug-likeness (QED) is 0.285. The average molecular weight is 282 g/mol. The Kier molecular flexibility index (Phi) is 5.89. The Balaban J connectivity index is 2.53. The largest absolute Gasteiger partial charge is 0.460 e. The Hall–Kier alpha value is -2.01. The molecule has 102 valence electrons. The summed E-state index contributed by atoms with van der Waals surface area (Å²) in [7, 11) is 0. The smallest absolute Gasteiger partial charge is 0.332 e. The van der Waals surface area contributed by atoms with E-state index in [-0.39, 0.29) is 11.9 Å². The Labute approximate surface area is 117 Å². The van der Waals surface area contributed by atoms with E-state index in [1.165, 1.54) is 12.3 Å². The number of carbonyl (C=O) groups excluding carboxylic acids is 1. The zero-order valence-electron chi connectivity index (χ0n) is 10.8. The van der Waals surface area contributed by atoms with Crippen LogP contribution in [0.15, 0.2) is 41.6 Å². The van der Waals surface area contributed by atoms with Crippen LogP contribution in [0.2, 0.25) is 5.02 Å². The van der Waals surface area contributed by atoms with E-state index in [2.05, 4.69) is 10.5 Å². The average Bonchev–Trinajstić information content (AvgIpc) is 2.33. The summed E-state index contributed by atoms with van der Waals surface area (Å²) >= 11 is 5.83. The summed E-state index contributed by atoms with van der Waals surface area (Å²) in [5.41, 5.74) is 8.98. The molecule has 1 aromatic rings. The van der Waals surface area contributed by atoms with Gasteiger partial charge in [0, 0.05) is 22.9 Å². The summed E-state index contributed by atoms with van der Waals surface area (Å²) in [5.74, 6) is -0.177. The second-order valence-corrected chi connectivity index (χ2v) is 4.39. The van der Waals surface area contributed by atoms with E-state index in [1.54, 1.807) is 38.1 Å². The molecule has 0 aromatic heterocycles. The lowest BCUT2D eigenvalue weighted by molar-refractivity contribution is -0.141. The summed E-state index contributed by atoms with van der Waals surface area (Å²) in [6, 6.07) is 6.99. The summed E-state index contributed by atoms with van der Waals surface area (Å²) in [4.78, 5) is 11.2. The van der Waals surface area contributed by atoms with E-state index in [0.717, 1.165) is 0 Å². The van der Waals surface area contributed by atoms with E-state index in [0.29, 0.717) is 10.6 Å². The molecular weight excluding hydrogens is 266 g/mol. The second-order valence-electron chi connectivity index (χ2n) is 3.96. The first-order valence-electron chi connectivity index (χ1n) is 5.71.